The normalized spacial score (nSPS) is 14.8. The Bertz CT molecular complexity index is 841. The van der Waals surface area contributed by atoms with Gasteiger partial charge in [0.1, 0.15) is 0 Å². The monoisotopic (exact) mass is 397 g/mol. The van der Waals surface area contributed by atoms with Crippen molar-refractivity contribution in [1.82, 2.24) is 10.3 Å². The van der Waals surface area contributed by atoms with Gasteiger partial charge in [-0.3, -0.25) is 0 Å². The number of rotatable bonds is 6. The first kappa shape index (κ1) is 20.6. The second-order valence-electron chi connectivity index (χ2n) is 7.81. The molecule has 2 aromatic rings. The van der Waals surface area contributed by atoms with Crippen molar-refractivity contribution in [2.75, 3.05) is 5.32 Å². The predicted octanol–water partition coefficient (Wildman–Crippen LogP) is 4.44. The van der Waals surface area contributed by atoms with Gasteiger partial charge < -0.3 is 20.5 Å². The molecule has 1 saturated carbocycles. The van der Waals surface area contributed by atoms with Crippen LogP contribution in [0, 0.1) is 0 Å². The second kappa shape index (κ2) is 8.94. The molecule has 0 atom stereocenters. The summed E-state index contributed by atoms with van der Waals surface area (Å²) in [5, 5.41) is 15.0. The third-order valence-corrected chi connectivity index (χ3v) is 5.03. The van der Waals surface area contributed by atoms with E-state index in [9.17, 15) is 9.59 Å². The van der Waals surface area contributed by atoms with Crippen LogP contribution in [-0.4, -0.2) is 33.7 Å². The summed E-state index contributed by atoms with van der Waals surface area (Å²) in [5.41, 5.74) is 1.17. The molecule has 0 spiro atoms. The summed E-state index contributed by atoms with van der Waals surface area (Å²) >= 11 is 0. The summed E-state index contributed by atoms with van der Waals surface area (Å²) in [4.78, 5) is 27.5. The lowest BCUT2D eigenvalue weighted by atomic mass is 9.96. The molecule has 1 fully saturated rings. The first-order valence-electron chi connectivity index (χ1n) is 9.90. The average molecular weight is 397 g/mol. The highest BCUT2D eigenvalue weighted by Crippen LogP contribution is 2.24. The first-order chi connectivity index (χ1) is 13.8. The Kier molecular flexibility index (Phi) is 6.36. The van der Waals surface area contributed by atoms with Crippen molar-refractivity contribution >= 4 is 17.7 Å². The maximum absolute atomic E-state index is 12.1. The van der Waals surface area contributed by atoms with Gasteiger partial charge in [-0.1, -0.05) is 31.4 Å². The molecule has 0 saturated heterocycles. The number of carboxylic acids is 1. The Labute approximate surface area is 170 Å². The van der Waals surface area contributed by atoms with Crippen LogP contribution in [0.1, 0.15) is 46.0 Å². The van der Waals surface area contributed by atoms with Gasteiger partial charge in [0.2, 0.25) is 11.5 Å². The molecule has 3 rings (SSSR count). The van der Waals surface area contributed by atoms with Gasteiger partial charge in [0, 0.05) is 29.6 Å². The molecular weight excluding hydrogens is 370 g/mol. The Morgan fingerprint density at radius 3 is 2.28 bits per heavy atom. The topological polar surface area (TPSA) is 101 Å². The standard InChI is InChI=1S/C22H27N3O4/c1-22(2,20(26)27)29-19-13-10-16(14-23-19)15-8-11-18(12-9-15)25-21(28)24-17-6-4-3-5-7-17/h8-14,17H,3-7H2,1-2H3,(H,26,27)(H2,24,25,28). The van der Waals surface area contributed by atoms with Crippen LogP contribution in [-0.2, 0) is 4.79 Å². The fourth-order valence-corrected chi connectivity index (χ4v) is 3.26. The molecule has 1 aromatic carbocycles. The van der Waals surface area contributed by atoms with E-state index in [-0.39, 0.29) is 18.0 Å². The zero-order valence-corrected chi connectivity index (χ0v) is 16.8. The van der Waals surface area contributed by atoms with Crippen LogP contribution in [0.15, 0.2) is 42.6 Å². The van der Waals surface area contributed by atoms with Crippen LogP contribution in [0.2, 0.25) is 0 Å². The van der Waals surface area contributed by atoms with Crippen molar-refractivity contribution in [2.45, 2.75) is 57.6 Å². The minimum Gasteiger partial charge on any atom is -0.478 e. The zero-order chi connectivity index (χ0) is 20.9. The van der Waals surface area contributed by atoms with Gasteiger partial charge in [0.05, 0.1) is 0 Å². The molecule has 0 bridgehead atoms. The number of aromatic nitrogens is 1. The molecule has 7 heteroatoms. The van der Waals surface area contributed by atoms with Crippen LogP contribution in [0.3, 0.4) is 0 Å². The zero-order valence-electron chi connectivity index (χ0n) is 16.8. The van der Waals surface area contributed by atoms with Crippen LogP contribution < -0.4 is 15.4 Å². The number of carbonyl (C=O) groups excluding carboxylic acids is 1. The third kappa shape index (κ3) is 5.70. The van der Waals surface area contributed by atoms with E-state index in [1.165, 1.54) is 33.1 Å². The summed E-state index contributed by atoms with van der Waals surface area (Å²) in [6, 6.07) is 11.0. The smallest absolute Gasteiger partial charge is 0.347 e. The molecule has 1 aliphatic rings. The van der Waals surface area contributed by atoms with Crippen LogP contribution in [0.5, 0.6) is 5.88 Å². The van der Waals surface area contributed by atoms with Crippen LogP contribution in [0.25, 0.3) is 11.1 Å². The molecule has 0 unspecified atom stereocenters. The van der Waals surface area contributed by atoms with Crippen LogP contribution in [0.4, 0.5) is 10.5 Å². The number of nitrogens with zero attached hydrogens (tertiary/aromatic N) is 1. The molecule has 1 aromatic heterocycles. The number of pyridine rings is 1. The molecular formula is C22H27N3O4. The highest BCUT2D eigenvalue weighted by atomic mass is 16.5. The summed E-state index contributed by atoms with van der Waals surface area (Å²) in [6.07, 6.45) is 7.31. The van der Waals surface area contributed by atoms with Crippen molar-refractivity contribution < 1.29 is 19.4 Å². The fraction of sp³-hybridized carbons (Fsp3) is 0.409. The Hall–Kier alpha value is -3.09. The second-order valence-corrected chi connectivity index (χ2v) is 7.81. The molecule has 3 N–H and O–H groups in total. The number of hydrogen-bond acceptors (Lipinski definition) is 4. The van der Waals surface area contributed by atoms with Gasteiger partial charge in [-0.15, -0.1) is 0 Å². The minimum atomic E-state index is -1.35. The highest BCUT2D eigenvalue weighted by molar-refractivity contribution is 5.89. The SMILES string of the molecule is CC(C)(Oc1ccc(-c2ccc(NC(=O)NC3CCCCC3)cc2)cn1)C(=O)O. The lowest BCUT2D eigenvalue weighted by Gasteiger charge is -2.22. The number of anilines is 1. The summed E-state index contributed by atoms with van der Waals surface area (Å²) in [5.74, 6) is -0.808. The number of aliphatic carboxylic acids is 1. The summed E-state index contributed by atoms with van der Waals surface area (Å²) in [7, 11) is 0. The molecule has 2 amide bonds. The Morgan fingerprint density at radius 2 is 1.69 bits per heavy atom. The van der Waals surface area contributed by atoms with Crippen molar-refractivity contribution in [1.29, 1.82) is 0 Å². The number of carbonyl (C=O) groups is 2. The molecule has 1 aliphatic carbocycles. The Balaban J connectivity index is 1.58. The van der Waals surface area contributed by atoms with Gasteiger partial charge in [0.25, 0.3) is 0 Å². The Morgan fingerprint density at radius 1 is 1.03 bits per heavy atom. The number of ether oxygens (including phenoxy) is 1. The van der Waals surface area contributed by atoms with Crippen molar-refractivity contribution in [3.8, 4) is 17.0 Å². The number of amides is 2. The van der Waals surface area contributed by atoms with E-state index < -0.39 is 11.6 Å². The summed E-state index contributed by atoms with van der Waals surface area (Å²) < 4.78 is 5.41. The van der Waals surface area contributed by atoms with E-state index >= 15 is 0 Å². The van der Waals surface area contributed by atoms with Gasteiger partial charge in [0.15, 0.2) is 0 Å². The third-order valence-electron chi connectivity index (χ3n) is 5.03. The van der Waals surface area contributed by atoms with Crippen molar-refractivity contribution in [3.63, 3.8) is 0 Å². The van der Waals surface area contributed by atoms with Crippen molar-refractivity contribution in [2.24, 2.45) is 0 Å². The number of carboxylic acid groups (broad SMARTS) is 1. The lowest BCUT2D eigenvalue weighted by Crippen LogP contribution is -2.38. The van der Waals surface area contributed by atoms with E-state index in [4.69, 9.17) is 9.84 Å². The number of benzene rings is 1. The largest absolute Gasteiger partial charge is 0.478 e. The van der Waals surface area contributed by atoms with Gasteiger partial charge in [-0.05, 0) is 50.5 Å². The molecule has 7 nitrogen and oxygen atoms in total. The van der Waals surface area contributed by atoms with E-state index in [2.05, 4.69) is 15.6 Å². The minimum absolute atomic E-state index is 0.172. The summed E-state index contributed by atoms with van der Waals surface area (Å²) in [6.45, 7) is 2.95. The number of nitrogens with one attached hydrogen (secondary N) is 2. The molecule has 29 heavy (non-hydrogen) atoms. The first-order valence-corrected chi connectivity index (χ1v) is 9.90. The predicted molar refractivity (Wildman–Crippen MR) is 111 cm³/mol. The van der Waals surface area contributed by atoms with Gasteiger partial charge in [-0.25, -0.2) is 14.6 Å². The van der Waals surface area contributed by atoms with Crippen molar-refractivity contribution in [3.05, 3.63) is 42.6 Å². The molecule has 1 heterocycles. The van der Waals surface area contributed by atoms with Gasteiger partial charge >= 0.3 is 12.0 Å². The molecule has 0 radical (unpaired) electrons. The molecule has 0 aliphatic heterocycles. The average Bonchev–Trinajstić information content (AvgIpc) is 2.69. The lowest BCUT2D eigenvalue weighted by molar-refractivity contribution is -0.152. The van der Waals surface area contributed by atoms with Gasteiger partial charge in [-0.2, -0.15) is 0 Å². The number of urea groups is 1. The van der Waals surface area contributed by atoms with E-state index in [1.54, 1.807) is 12.3 Å². The molecule has 154 valence electrons. The van der Waals surface area contributed by atoms with E-state index in [0.29, 0.717) is 0 Å². The van der Waals surface area contributed by atoms with E-state index in [0.717, 1.165) is 29.7 Å². The maximum atomic E-state index is 12.1. The quantitative estimate of drug-likeness (QED) is 0.669. The maximum Gasteiger partial charge on any atom is 0.347 e. The van der Waals surface area contributed by atoms with E-state index in [1.807, 2.05) is 30.3 Å². The van der Waals surface area contributed by atoms with Crippen LogP contribution >= 0.6 is 0 Å². The fourth-order valence-electron chi connectivity index (χ4n) is 3.26. The number of hydrogen-bond donors (Lipinski definition) is 3. The highest BCUT2D eigenvalue weighted by Gasteiger charge is 2.29.